The van der Waals surface area contributed by atoms with E-state index in [0.717, 1.165) is 18.9 Å². The Bertz CT molecular complexity index is 457. The number of allylic oxidation sites excluding steroid dienone is 1. The molecule has 1 rings (SSSR count). The Hall–Kier alpha value is -1.84. The van der Waals surface area contributed by atoms with Gasteiger partial charge in [-0.1, -0.05) is 6.08 Å². The van der Waals surface area contributed by atoms with Gasteiger partial charge in [0, 0.05) is 22.9 Å². The highest BCUT2D eigenvalue weighted by Crippen LogP contribution is 2.22. The summed E-state index contributed by atoms with van der Waals surface area (Å²) in [4.78, 5) is 11.1. The van der Waals surface area contributed by atoms with Gasteiger partial charge in [-0.2, -0.15) is 0 Å². The van der Waals surface area contributed by atoms with Gasteiger partial charge >= 0.3 is 0 Å². The van der Waals surface area contributed by atoms with Crippen LogP contribution >= 0.6 is 0 Å². The van der Waals surface area contributed by atoms with Crippen molar-refractivity contribution in [3.8, 4) is 0 Å². The maximum atomic E-state index is 13.6. The zero-order chi connectivity index (χ0) is 13.7. The lowest BCUT2D eigenvalue weighted by atomic mass is 10.1. The summed E-state index contributed by atoms with van der Waals surface area (Å²) in [6.07, 6.45) is 3.61. The van der Waals surface area contributed by atoms with Crippen LogP contribution in [0.25, 0.3) is 0 Å². The van der Waals surface area contributed by atoms with Crippen molar-refractivity contribution in [2.45, 2.75) is 32.7 Å². The summed E-state index contributed by atoms with van der Waals surface area (Å²) < 4.78 is 13.6. The van der Waals surface area contributed by atoms with Crippen molar-refractivity contribution >= 4 is 11.6 Å². The molecule has 1 aromatic carbocycles. The molecule has 4 heteroatoms. The first-order chi connectivity index (χ1) is 8.45. The number of amides is 1. The molecule has 0 aliphatic heterocycles. The van der Waals surface area contributed by atoms with E-state index >= 15 is 0 Å². The second-order valence-corrected chi connectivity index (χ2v) is 4.41. The van der Waals surface area contributed by atoms with Gasteiger partial charge in [-0.05, 0) is 38.8 Å². The van der Waals surface area contributed by atoms with Crippen molar-refractivity contribution in [1.29, 1.82) is 0 Å². The second kappa shape index (κ2) is 6.19. The predicted octanol–water partition coefficient (Wildman–Crippen LogP) is 3.00. The average molecular weight is 250 g/mol. The molecule has 0 aliphatic carbocycles. The molecule has 0 bridgehead atoms. The second-order valence-electron chi connectivity index (χ2n) is 4.41. The van der Waals surface area contributed by atoms with Crippen molar-refractivity contribution in [1.82, 2.24) is 0 Å². The Balaban J connectivity index is 2.93. The van der Waals surface area contributed by atoms with Gasteiger partial charge in [0.25, 0.3) is 0 Å². The molecule has 1 amide bonds. The molecule has 1 aromatic rings. The molecule has 1 atom stereocenters. The lowest BCUT2D eigenvalue weighted by molar-refractivity contribution is 0.1000. The Kier molecular flexibility index (Phi) is 4.89. The van der Waals surface area contributed by atoms with E-state index in [2.05, 4.69) is 11.9 Å². The standard InChI is InChI=1S/C14H19FN2O/c1-4-5-6-9(2)17-13-8-11(14(16)18)7-12(15)10(13)3/h4,7-9,17H,1,5-6H2,2-3H3,(H2,16,18). The van der Waals surface area contributed by atoms with E-state index < -0.39 is 11.7 Å². The fourth-order valence-electron chi connectivity index (χ4n) is 1.68. The molecule has 0 fully saturated rings. The number of nitrogens with two attached hydrogens (primary N) is 1. The summed E-state index contributed by atoms with van der Waals surface area (Å²) in [6.45, 7) is 7.33. The molecule has 0 spiro atoms. The lowest BCUT2D eigenvalue weighted by Crippen LogP contribution is -2.18. The number of benzene rings is 1. The molecule has 0 heterocycles. The van der Waals surface area contributed by atoms with E-state index in [1.54, 1.807) is 13.0 Å². The summed E-state index contributed by atoms with van der Waals surface area (Å²) in [5.41, 5.74) is 6.45. The molecule has 0 saturated carbocycles. The SMILES string of the molecule is C=CCCC(C)Nc1cc(C(N)=O)cc(F)c1C. The highest BCUT2D eigenvalue weighted by atomic mass is 19.1. The number of carbonyl (C=O) groups is 1. The fraction of sp³-hybridized carbons (Fsp3) is 0.357. The Morgan fingerprint density at radius 2 is 2.28 bits per heavy atom. The number of hydrogen-bond acceptors (Lipinski definition) is 2. The van der Waals surface area contributed by atoms with E-state index in [0.29, 0.717) is 11.3 Å². The number of carbonyl (C=O) groups excluding carboxylic acids is 1. The van der Waals surface area contributed by atoms with Crippen LogP contribution in [0.1, 0.15) is 35.7 Å². The predicted molar refractivity (Wildman–Crippen MR) is 72.2 cm³/mol. The van der Waals surface area contributed by atoms with Crippen LogP contribution in [-0.4, -0.2) is 11.9 Å². The van der Waals surface area contributed by atoms with Gasteiger partial charge in [0.2, 0.25) is 5.91 Å². The van der Waals surface area contributed by atoms with E-state index in [4.69, 9.17) is 5.73 Å². The van der Waals surface area contributed by atoms with Crippen LogP contribution in [-0.2, 0) is 0 Å². The van der Waals surface area contributed by atoms with Gasteiger partial charge in [0.15, 0.2) is 0 Å². The third-order valence-corrected chi connectivity index (χ3v) is 2.83. The topological polar surface area (TPSA) is 55.1 Å². The molecule has 0 aliphatic rings. The Morgan fingerprint density at radius 3 is 2.83 bits per heavy atom. The van der Waals surface area contributed by atoms with Crippen LogP contribution in [0.15, 0.2) is 24.8 Å². The zero-order valence-electron chi connectivity index (χ0n) is 10.8. The molecule has 98 valence electrons. The summed E-state index contributed by atoms with van der Waals surface area (Å²) in [7, 11) is 0. The number of primary amides is 1. The van der Waals surface area contributed by atoms with Crippen molar-refractivity contribution in [2.24, 2.45) is 5.73 Å². The first kappa shape index (κ1) is 14.2. The maximum absolute atomic E-state index is 13.6. The highest BCUT2D eigenvalue weighted by molar-refractivity contribution is 5.94. The van der Waals surface area contributed by atoms with Gasteiger partial charge in [-0.3, -0.25) is 4.79 Å². The van der Waals surface area contributed by atoms with E-state index in [-0.39, 0.29) is 11.6 Å². The zero-order valence-corrected chi connectivity index (χ0v) is 10.8. The Morgan fingerprint density at radius 1 is 1.61 bits per heavy atom. The van der Waals surface area contributed by atoms with Gasteiger partial charge in [0.1, 0.15) is 5.82 Å². The monoisotopic (exact) mass is 250 g/mol. The summed E-state index contributed by atoms with van der Waals surface area (Å²) in [5, 5.41) is 3.19. The van der Waals surface area contributed by atoms with Crippen LogP contribution < -0.4 is 11.1 Å². The number of anilines is 1. The van der Waals surface area contributed by atoms with Crippen molar-refractivity contribution < 1.29 is 9.18 Å². The van der Waals surface area contributed by atoms with Crippen molar-refractivity contribution in [3.63, 3.8) is 0 Å². The summed E-state index contributed by atoms with van der Waals surface area (Å²) in [5.74, 6) is -1.06. The van der Waals surface area contributed by atoms with Gasteiger partial charge in [-0.15, -0.1) is 6.58 Å². The smallest absolute Gasteiger partial charge is 0.248 e. The van der Waals surface area contributed by atoms with Crippen LogP contribution in [0.2, 0.25) is 0 Å². The van der Waals surface area contributed by atoms with Crippen LogP contribution in [0, 0.1) is 12.7 Å². The summed E-state index contributed by atoms with van der Waals surface area (Å²) in [6, 6.07) is 2.92. The summed E-state index contributed by atoms with van der Waals surface area (Å²) >= 11 is 0. The number of nitrogens with one attached hydrogen (secondary N) is 1. The van der Waals surface area contributed by atoms with Crippen molar-refractivity contribution in [3.05, 3.63) is 41.7 Å². The quantitative estimate of drug-likeness (QED) is 0.762. The molecule has 0 aromatic heterocycles. The average Bonchev–Trinajstić information content (AvgIpc) is 2.31. The third-order valence-electron chi connectivity index (χ3n) is 2.83. The van der Waals surface area contributed by atoms with E-state index in [1.165, 1.54) is 0 Å². The normalized spacial score (nSPS) is 11.9. The fourth-order valence-corrected chi connectivity index (χ4v) is 1.68. The van der Waals surface area contributed by atoms with Crippen molar-refractivity contribution in [2.75, 3.05) is 5.32 Å². The number of halogens is 1. The largest absolute Gasteiger partial charge is 0.382 e. The van der Waals surface area contributed by atoms with Crippen LogP contribution in [0.3, 0.4) is 0 Å². The van der Waals surface area contributed by atoms with Gasteiger partial charge in [-0.25, -0.2) is 4.39 Å². The molecular weight excluding hydrogens is 231 g/mol. The lowest BCUT2D eigenvalue weighted by Gasteiger charge is -2.17. The Labute approximate surface area is 107 Å². The highest BCUT2D eigenvalue weighted by Gasteiger charge is 2.11. The van der Waals surface area contributed by atoms with E-state index in [9.17, 15) is 9.18 Å². The minimum absolute atomic E-state index is 0.171. The maximum Gasteiger partial charge on any atom is 0.248 e. The molecule has 3 N–H and O–H groups in total. The molecule has 0 saturated heterocycles. The molecular formula is C14H19FN2O. The van der Waals surface area contributed by atoms with E-state index in [1.807, 2.05) is 13.0 Å². The first-order valence-corrected chi connectivity index (χ1v) is 5.93. The number of rotatable bonds is 6. The number of hydrogen-bond donors (Lipinski definition) is 2. The molecule has 18 heavy (non-hydrogen) atoms. The van der Waals surface area contributed by atoms with Crippen LogP contribution in [0.4, 0.5) is 10.1 Å². The first-order valence-electron chi connectivity index (χ1n) is 5.93. The molecule has 1 unspecified atom stereocenters. The molecule has 3 nitrogen and oxygen atoms in total. The minimum atomic E-state index is -0.629. The minimum Gasteiger partial charge on any atom is -0.382 e. The van der Waals surface area contributed by atoms with Crippen LogP contribution in [0.5, 0.6) is 0 Å². The van der Waals surface area contributed by atoms with Gasteiger partial charge in [0.05, 0.1) is 0 Å². The molecule has 0 radical (unpaired) electrons. The third kappa shape index (κ3) is 3.58. The van der Waals surface area contributed by atoms with Gasteiger partial charge < -0.3 is 11.1 Å².